The highest BCUT2D eigenvalue weighted by atomic mass is 32.2. The van der Waals surface area contributed by atoms with E-state index in [4.69, 9.17) is 4.74 Å². The molecule has 170 valence electrons. The monoisotopic (exact) mass is 472 g/mol. The van der Waals surface area contributed by atoms with Gasteiger partial charge in [-0.05, 0) is 57.5 Å². The van der Waals surface area contributed by atoms with Gasteiger partial charge in [0.05, 0.1) is 17.9 Å². The Morgan fingerprint density at radius 3 is 2.59 bits per heavy atom. The average Bonchev–Trinajstić information content (AvgIpc) is 3.40. The van der Waals surface area contributed by atoms with Crippen LogP contribution in [-0.4, -0.2) is 39.0 Å². The molecule has 0 bridgehead atoms. The van der Waals surface area contributed by atoms with Crippen LogP contribution in [0.5, 0.6) is 0 Å². The Bertz CT molecular complexity index is 1060. The number of thioether (sulfide) groups is 1. The Morgan fingerprint density at radius 2 is 1.94 bits per heavy atom. The molecule has 1 aromatic carbocycles. The Balaban J connectivity index is 1.64. The van der Waals surface area contributed by atoms with E-state index < -0.39 is 0 Å². The van der Waals surface area contributed by atoms with Gasteiger partial charge in [-0.1, -0.05) is 25.1 Å². The Morgan fingerprint density at radius 1 is 1.19 bits per heavy atom. The number of rotatable bonds is 10. The summed E-state index contributed by atoms with van der Waals surface area (Å²) in [6, 6.07) is 8.99. The molecule has 0 radical (unpaired) electrons. The number of benzene rings is 1. The normalized spacial score (nSPS) is 11.0. The van der Waals surface area contributed by atoms with Crippen molar-refractivity contribution in [1.29, 1.82) is 0 Å². The number of nitrogens with one attached hydrogen (secondary N) is 1. The molecule has 2 heterocycles. The molecule has 0 saturated heterocycles. The van der Waals surface area contributed by atoms with E-state index in [1.54, 1.807) is 42.5 Å². The molecule has 0 fully saturated rings. The smallest absolute Gasteiger partial charge is 0.338 e. The number of carbonyl (C=O) groups excluding carboxylic acids is 2. The highest BCUT2D eigenvalue weighted by Crippen LogP contribution is 2.31. The van der Waals surface area contributed by atoms with E-state index in [0.29, 0.717) is 23.0 Å². The standard InChI is InChI=1S/C23H28N4O3S2/c1-5-7-19-12-17(13-31-19)21-25-26-23(27(21)15(3)4)32-14-20(28)24-18-10-8-16(9-11-18)22(29)30-6-2/h8-13,15H,5-7,14H2,1-4H3,(H,24,28). The lowest BCUT2D eigenvalue weighted by atomic mass is 10.2. The second-order valence-corrected chi connectivity index (χ2v) is 9.39. The number of hydrogen-bond donors (Lipinski definition) is 1. The summed E-state index contributed by atoms with van der Waals surface area (Å²) in [7, 11) is 0. The van der Waals surface area contributed by atoms with Crippen LogP contribution in [0.3, 0.4) is 0 Å². The first-order valence-corrected chi connectivity index (χ1v) is 12.5. The maximum Gasteiger partial charge on any atom is 0.338 e. The molecule has 0 unspecified atom stereocenters. The van der Waals surface area contributed by atoms with Crippen LogP contribution in [0.15, 0.2) is 40.9 Å². The van der Waals surface area contributed by atoms with E-state index >= 15 is 0 Å². The Kier molecular flexibility index (Phi) is 8.46. The van der Waals surface area contributed by atoms with E-state index in [-0.39, 0.29) is 23.7 Å². The predicted octanol–water partition coefficient (Wildman–Crippen LogP) is 5.45. The number of ether oxygens (including phenoxy) is 1. The first-order valence-electron chi connectivity index (χ1n) is 10.6. The number of anilines is 1. The van der Waals surface area contributed by atoms with Crippen LogP contribution in [-0.2, 0) is 16.0 Å². The molecule has 3 aromatic rings. The zero-order valence-electron chi connectivity index (χ0n) is 18.8. The maximum absolute atomic E-state index is 12.5. The van der Waals surface area contributed by atoms with Crippen molar-refractivity contribution in [3.05, 3.63) is 46.2 Å². The molecule has 9 heteroatoms. The first kappa shape index (κ1) is 24.0. The number of hydrogen-bond acceptors (Lipinski definition) is 7. The van der Waals surface area contributed by atoms with Crippen LogP contribution in [0.4, 0.5) is 5.69 Å². The molecule has 32 heavy (non-hydrogen) atoms. The van der Waals surface area contributed by atoms with Crippen LogP contribution in [0.25, 0.3) is 11.4 Å². The molecule has 0 aliphatic heterocycles. The highest BCUT2D eigenvalue weighted by Gasteiger charge is 2.19. The fourth-order valence-corrected chi connectivity index (χ4v) is 4.98. The van der Waals surface area contributed by atoms with Gasteiger partial charge in [0.1, 0.15) is 0 Å². The number of carbonyl (C=O) groups is 2. The summed E-state index contributed by atoms with van der Waals surface area (Å²) in [5.41, 5.74) is 2.14. The summed E-state index contributed by atoms with van der Waals surface area (Å²) in [4.78, 5) is 25.5. The van der Waals surface area contributed by atoms with Gasteiger partial charge in [0.2, 0.25) is 5.91 Å². The summed E-state index contributed by atoms with van der Waals surface area (Å²) >= 11 is 3.10. The molecule has 1 N–H and O–H groups in total. The lowest BCUT2D eigenvalue weighted by molar-refractivity contribution is -0.113. The molecule has 0 aliphatic carbocycles. The molecule has 0 atom stereocenters. The zero-order valence-corrected chi connectivity index (χ0v) is 20.4. The van der Waals surface area contributed by atoms with Gasteiger partial charge in [-0.2, -0.15) is 0 Å². The summed E-state index contributed by atoms with van der Waals surface area (Å²) in [5, 5.41) is 14.4. The van der Waals surface area contributed by atoms with E-state index in [1.165, 1.54) is 16.6 Å². The molecule has 7 nitrogen and oxygen atoms in total. The van der Waals surface area contributed by atoms with Gasteiger partial charge < -0.3 is 10.1 Å². The number of esters is 1. The van der Waals surface area contributed by atoms with Gasteiger partial charge in [0, 0.05) is 27.5 Å². The van der Waals surface area contributed by atoms with Crippen molar-refractivity contribution in [3.63, 3.8) is 0 Å². The van der Waals surface area contributed by atoms with Crippen molar-refractivity contribution in [2.75, 3.05) is 17.7 Å². The van der Waals surface area contributed by atoms with Gasteiger partial charge >= 0.3 is 5.97 Å². The largest absolute Gasteiger partial charge is 0.462 e. The third-order valence-electron chi connectivity index (χ3n) is 4.60. The highest BCUT2D eigenvalue weighted by molar-refractivity contribution is 7.99. The van der Waals surface area contributed by atoms with Crippen molar-refractivity contribution in [2.45, 2.75) is 51.7 Å². The fraction of sp³-hybridized carbons (Fsp3) is 0.391. The fourth-order valence-electron chi connectivity index (χ4n) is 3.14. The molecular formula is C23H28N4O3S2. The molecule has 0 aliphatic rings. The predicted molar refractivity (Wildman–Crippen MR) is 129 cm³/mol. The number of nitrogens with zero attached hydrogens (tertiary/aromatic N) is 3. The van der Waals surface area contributed by atoms with Gasteiger partial charge in [-0.25, -0.2) is 4.79 Å². The van der Waals surface area contributed by atoms with E-state index in [1.807, 2.05) is 0 Å². The third-order valence-corrected chi connectivity index (χ3v) is 6.54. The third kappa shape index (κ3) is 5.98. The van der Waals surface area contributed by atoms with Gasteiger partial charge in [-0.15, -0.1) is 21.5 Å². The molecule has 0 saturated carbocycles. The minimum Gasteiger partial charge on any atom is -0.462 e. The second kappa shape index (κ2) is 11.3. The zero-order chi connectivity index (χ0) is 23.1. The molecule has 0 spiro atoms. The van der Waals surface area contributed by atoms with Gasteiger partial charge in [0.15, 0.2) is 11.0 Å². The summed E-state index contributed by atoms with van der Waals surface area (Å²) in [5.74, 6) is 0.502. The summed E-state index contributed by atoms with van der Waals surface area (Å²) in [6.45, 7) is 8.42. The molecule has 1 amide bonds. The second-order valence-electron chi connectivity index (χ2n) is 7.46. The van der Waals surface area contributed by atoms with Crippen LogP contribution in [0, 0.1) is 0 Å². The first-order chi connectivity index (χ1) is 15.4. The summed E-state index contributed by atoms with van der Waals surface area (Å²) < 4.78 is 7.04. The molecule has 2 aromatic heterocycles. The van der Waals surface area contributed by atoms with Crippen LogP contribution < -0.4 is 5.32 Å². The SMILES string of the molecule is CCCc1cc(-c2nnc(SCC(=O)Nc3ccc(C(=O)OCC)cc3)n2C(C)C)cs1. The van der Waals surface area contributed by atoms with E-state index in [2.05, 4.69) is 52.3 Å². The summed E-state index contributed by atoms with van der Waals surface area (Å²) in [6.07, 6.45) is 2.17. The lowest BCUT2D eigenvalue weighted by Crippen LogP contribution is -2.15. The molecule has 3 rings (SSSR count). The van der Waals surface area contributed by atoms with Crippen LogP contribution in [0.2, 0.25) is 0 Å². The maximum atomic E-state index is 12.5. The quantitative estimate of drug-likeness (QED) is 0.312. The lowest BCUT2D eigenvalue weighted by Gasteiger charge is -2.13. The number of amides is 1. The van der Waals surface area contributed by atoms with Crippen molar-refractivity contribution in [3.8, 4) is 11.4 Å². The number of aromatic nitrogens is 3. The van der Waals surface area contributed by atoms with Crippen LogP contribution >= 0.6 is 23.1 Å². The minimum atomic E-state index is -0.378. The Labute approximate surface area is 196 Å². The molecular weight excluding hydrogens is 444 g/mol. The van der Waals surface area contributed by atoms with Gasteiger partial charge in [0.25, 0.3) is 0 Å². The van der Waals surface area contributed by atoms with Gasteiger partial charge in [-0.3, -0.25) is 9.36 Å². The van der Waals surface area contributed by atoms with Crippen molar-refractivity contribution in [1.82, 2.24) is 14.8 Å². The van der Waals surface area contributed by atoms with Crippen molar-refractivity contribution >= 4 is 40.7 Å². The van der Waals surface area contributed by atoms with E-state index in [0.717, 1.165) is 24.2 Å². The average molecular weight is 473 g/mol. The number of thiophene rings is 1. The van der Waals surface area contributed by atoms with Crippen LogP contribution in [0.1, 0.15) is 55.4 Å². The van der Waals surface area contributed by atoms with Crippen molar-refractivity contribution in [2.24, 2.45) is 0 Å². The number of aryl methyl sites for hydroxylation is 1. The topological polar surface area (TPSA) is 86.1 Å². The minimum absolute atomic E-state index is 0.153. The van der Waals surface area contributed by atoms with Crippen molar-refractivity contribution < 1.29 is 14.3 Å². The Hall–Kier alpha value is -2.65. The van der Waals surface area contributed by atoms with E-state index in [9.17, 15) is 9.59 Å².